The van der Waals surface area contributed by atoms with Gasteiger partial charge in [0, 0.05) is 86.0 Å². The number of nitrogens with one attached hydrogen (secondary N) is 4. The molecule has 11 rings (SSSR count). The highest BCUT2D eigenvalue weighted by atomic mass is 16.5. The van der Waals surface area contributed by atoms with Crippen LogP contribution in [-0.2, 0) is 28.9 Å². The first kappa shape index (κ1) is 57.0. The molecule has 0 amide bonds. The number of hydrogen-bond acceptors (Lipinski definition) is 11. The minimum atomic E-state index is -1.87. The molecule has 6 aliphatic rings. The summed E-state index contributed by atoms with van der Waals surface area (Å²) in [6.07, 6.45) is 10.2. The molecule has 1 aromatic heterocycles. The lowest BCUT2D eigenvalue weighted by molar-refractivity contribution is -0.142. The van der Waals surface area contributed by atoms with Crippen molar-refractivity contribution < 1.29 is 39.9 Å². The van der Waals surface area contributed by atoms with Crippen LogP contribution in [0.25, 0.3) is 10.8 Å². The molecule has 82 heavy (non-hydrogen) atoms. The molecule has 0 spiro atoms. The highest BCUT2D eigenvalue weighted by Gasteiger charge is 2.45. The van der Waals surface area contributed by atoms with Crippen molar-refractivity contribution in [2.24, 2.45) is 47.3 Å². The number of carbonyl (C=O) groups excluding carboxylic acids is 2. The van der Waals surface area contributed by atoms with Crippen LogP contribution in [0.5, 0.6) is 17.2 Å². The zero-order valence-corrected chi connectivity index (χ0v) is 48.0. The van der Waals surface area contributed by atoms with Gasteiger partial charge in [-0.15, -0.1) is 5.92 Å². The van der Waals surface area contributed by atoms with Gasteiger partial charge in [0.2, 0.25) is 0 Å². The van der Waals surface area contributed by atoms with Gasteiger partial charge in [-0.1, -0.05) is 93.5 Å². The van der Waals surface area contributed by atoms with Crippen LogP contribution >= 0.6 is 0 Å². The number of aliphatic hydroxyl groups is 3. The van der Waals surface area contributed by atoms with Gasteiger partial charge in [0.15, 0.2) is 29.2 Å². The Kier molecular flexibility index (Phi) is 17.4. The summed E-state index contributed by atoms with van der Waals surface area (Å²) in [7, 11) is 1.50. The number of aryl methyl sites for hydroxylation is 1. The van der Waals surface area contributed by atoms with Crippen LogP contribution in [0.4, 0.5) is 5.69 Å². The third-order valence-electron chi connectivity index (χ3n) is 19.3. The van der Waals surface area contributed by atoms with Gasteiger partial charge in [-0.25, -0.2) is 0 Å². The number of aromatic hydroxyl groups is 2. The molecule has 4 aliphatic carbocycles. The molecule has 5 aromatic rings. The van der Waals surface area contributed by atoms with Gasteiger partial charge in [-0.3, -0.25) is 9.59 Å². The number of carbonyl (C=O) groups is 2. The molecule has 2 aliphatic heterocycles. The van der Waals surface area contributed by atoms with Crippen LogP contribution in [0.1, 0.15) is 142 Å². The van der Waals surface area contributed by atoms with E-state index in [-0.39, 0.29) is 77.9 Å². The average Bonchev–Trinajstić information content (AvgIpc) is 4.00. The van der Waals surface area contributed by atoms with E-state index < -0.39 is 47.6 Å². The Balaban J connectivity index is 1.10. The van der Waals surface area contributed by atoms with Crippen LogP contribution in [0.3, 0.4) is 0 Å². The number of H-pyrrole nitrogens is 1. The minimum Gasteiger partial charge on any atom is -0.507 e. The number of phenols is 2. The van der Waals surface area contributed by atoms with Gasteiger partial charge in [0.1, 0.15) is 11.6 Å². The molecule has 14 atom stereocenters. The Morgan fingerprint density at radius 1 is 0.780 bits per heavy atom. The third kappa shape index (κ3) is 12.3. The second-order valence-electron chi connectivity index (χ2n) is 25.0. The fraction of sp³-hybridized carbons (Fsp3) is 0.486. The predicted molar refractivity (Wildman–Crippen MR) is 321 cm³/mol. The number of methoxy groups -OCH3 is 1. The van der Waals surface area contributed by atoms with Gasteiger partial charge in [0.05, 0.1) is 25.2 Å². The van der Waals surface area contributed by atoms with E-state index in [4.69, 9.17) is 4.74 Å². The van der Waals surface area contributed by atoms with Crippen LogP contribution in [0, 0.1) is 71.0 Å². The quantitative estimate of drug-likeness (QED) is 0.0616. The smallest absolute Gasteiger partial charge is 0.173 e. The van der Waals surface area contributed by atoms with E-state index in [1.807, 2.05) is 36.5 Å². The van der Waals surface area contributed by atoms with Crippen molar-refractivity contribution in [3.8, 4) is 40.9 Å². The van der Waals surface area contributed by atoms with Crippen molar-refractivity contribution >= 4 is 28.0 Å². The highest BCUT2D eigenvalue weighted by molar-refractivity contribution is 6.06. The molecule has 9 N–H and O–H groups in total. The van der Waals surface area contributed by atoms with Crippen molar-refractivity contribution in [3.05, 3.63) is 142 Å². The summed E-state index contributed by atoms with van der Waals surface area (Å²) in [4.78, 5) is 33.4. The molecule has 3 heterocycles. The van der Waals surface area contributed by atoms with Gasteiger partial charge in [0.25, 0.3) is 0 Å². The van der Waals surface area contributed by atoms with Gasteiger partial charge in [-0.05, 0) is 174 Å². The summed E-state index contributed by atoms with van der Waals surface area (Å²) >= 11 is 0. The van der Waals surface area contributed by atoms with Gasteiger partial charge < -0.3 is 51.2 Å². The number of ketones is 2. The SMILES string of the molecule is CCCC1C(O)Cc2cc(c[nH]2)C(C)CNCC(O)Cc2ccc3ccc(cc3c2O)NC2=CC(=CCN2)C2CC#CC3CC(C)CC(C3)c3ccccc3C3C#CC4CC2CC1CC4C(=O)C(O)C(=O)CCc1cc(OC)c(O)cc13. The number of phenolic OH excluding ortho intramolecular Hbond substituents is 2. The number of aromatic nitrogens is 1. The first-order valence-corrected chi connectivity index (χ1v) is 30.3. The number of hydrogen-bond donors (Lipinski definition) is 9. The second kappa shape index (κ2) is 25.0. The lowest BCUT2D eigenvalue weighted by Gasteiger charge is -2.35. The topological polar surface area (TPSA) is 196 Å². The van der Waals surface area contributed by atoms with Crippen molar-refractivity contribution in [2.75, 3.05) is 32.1 Å². The van der Waals surface area contributed by atoms with Crippen LogP contribution in [0.2, 0.25) is 0 Å². The number of ether oxygens (including phenoxy) is 1. The maximum absolute atomic E-state index is 15.5. The molecule has 430 valence electrons. The maximum atomic E-state index is 15.5. The first-order chi connectivity index (χ1) is 39.7. The Morgan fingerprint density at radius 3 is 2.44 bits per heavy atom. The Hall–Kier alpha value is -6.80. The number of Topliss-reactive ketones (excluding diaryl/α,β-unsaturated/α-hetero) is 2. The number of fused-ring (bicyclic) bond motifs is 15. The van der Waals surface area contributed by atoms with E-state index in [0.29, 0.717) is 75.0 Å². The number of dihydropyridines is 1. The van der Waals surface area contributed by atoms with E-state index in [1.165, 1.54) is 12.7 Å². The number of anilines is 1. The van der Waals surface area contributed by atoms with E-state index in [0.717, 1.165) is 76.1 Å². The zero-order chi connectivity index (χ0) is 57.2. The maximum Gasteiger partial charge on any atom is 0.173 e. The normalized spacial score (nSPS) is 30.7. The van der Waals surface area contributed by atoms with Gasteiger partial charge >= 0.3 is 0 Å². The van der Waals surface area contributed by atoms with Crippen molar-refractivity contribution in [1.29, 1.82) is 0 Å². The Bertz CT molecular complexity index is 3370. The van der Waals surface area contributed by atoms with Crippen LogP contribution in [-0.4, -0.2) is 87.1 Å². The van der Waals surface area contributed by atoms with E-state index >= 15 is 4.79 Å². The number of aromatic amines is 1. The summed E-state index contributed by atoms with van der Waals surface area (Å²) in [6, 6.07) is 24.0. The number of rotatable bonds is 3. The largest absolute Gasteiger partial charge is 0.507 e. The molecule has 0 radical (unpaired) electrons. The highest BCUT2D eigenvalue weighted by Crippen LogP contribution is 2.49. The summed E-state index contributed by atoms with van der Waals surface area (Å²) in [5, 5.41) is 71.7. The second-order valence-corrected chi connectivity index (χ2v) is 25.0. The molecule has 4 aromatic carbocycles. The summed E-state index contributed by atoms with van der Waals surface area (Å²) in [6.45, 7) is 8.09. The summed E-state index contributed by atoms with van der Waals surface area (Å²) in [5.41, 5.74) is 8.29. The molecule has 2 fully saturated rings. The predicted octanol–water partition coefficient (Wildman–Crippen LogP) is 10.5. The van der Waals surface area contributed by atoms with Crippen molar-refractivity contribution in [2.45, 2.75) is 140 Å². The first-order valence-electron chi connectivity index (χ1n) is 30.3. The number of allylic oxidation sites excluding steroid dienone is 2. The molecular weight excluding hydrogens is 1020 g/mol. The average molecular weight is 1110 g/mol. The van der Waals surface area contributed by atoms with Crippen molar-refractivity contribution in [3.63, 3.8) is 0 Å². The number of benzene rings is 4. The van der Waals surface area contributed by atoms with Crippen LogP contribution < -0.4 is 20.7 Å². The lowest BCUT2D eigenvalue weighted by Crippen LogP contribution is -2.40. The number of aliphatic hydroxyl groups excluding tert-OH is 3. The fourth-order valence-electron chi connectivity index (χ4n) is 15.1. The van der Waals surface area contributed by atoms with Crippen molar-refractivity contribution in [1.82, 2.24) is 15.6 Å². The van der Waals surface area contributed by atoms with Crippen LogP contribution in [0.15, 0.2) is 103 Å². The Labute approximate surface area is 483 Å². The summed E-state index contributed by atoms with van der Waals surface area (Å²) < 4.78 is 5.66. The monoisotopic (exact) mass is 1110 g/mol. The lowest BCUT2D eigenvalue weighted by atomic mass is 9.70. The third-order valence-corrected chi connectivity index (χ3v) is 19.3. The minimum absolute atomic E-state index is 0.0294. The zero-order valence-electron chi connectivity index (χ0n) is 48.0. The summed E-state index contributed by atoms with van der Waals surface area (Å²) in [5.74, 6) is 13.6. The van der Waals surface area contributed by atoms with E-state index in [1.54, 1.807) is 12.1 Å². The molecule has 13 bridgehead atoms. The molecule has 14 unspecified atom stereocenters. The van der Waals surface area contributed by atoms with E-state index in [9.17, 15) is 30.3 Å². The molecular formula is C70H82N4O8. The Morgan fingerprint density at radius 2 is 1.61 bits per heavy atom. The van der Waals surface area contributed by atoms with E-state index in [2.05, 4.69) is 108 Å². The molecule has 12 nitrogen and oxygen atoms in total. The fourth-order valence-corrected chi connectivity index (χ4v) is 15.1. The molecule has 0 saturated heterocycles. The van der Waals surface area contributed by atoms with Gasteiger partial charge in [-0.2, -0.15) is 0 Å². The standard InChI is InChI=1S/C70H82N4O8/c1-5-9-57-50-28-49-27-44-17-20-59(60-36-65(78)66(82-4)32-45(60)18-21-63(76)70(81)69(80)61(44)31-50)58-12-7-6-11-56(58)48-25-40(2)24-42(26-48)10-8-13-55(49)46-22-23-72-67(33-46)74-52-19-16-43-14-15-47(68(79)62(43)34-52)30-54(75)39-71-37-41(3)51-29-53(73-38-51)35-64(57)77/h6-7,11-12,14-16,19,22,29,32-34,36,38,40-42,44,48-50,54-55,57,59,61,64,70-75,77-79,81H,5,9,13,18,21,23-28,30-31,35,37,39H2,1-4H3. The molecule has 12 heteroatoms. The molecule has 2 saturated carbocycles. The number of β-amino-alcohol motifs (C(OH)–C–C–N with tert-alkyl or cyclic N) is 1.